The average molecular weight is 356 g/mol. The monoisotopic (exact) mass is 356 g/mol. The number of benzene rings is 1. The first-order valence-corrected chi connectivity index (χ1v) is 8.79. The van der Waals surface area contributed by atoms with Crippen LogP contribution in [0.15, 0.2) is 42.7 Å². The van der Waals surface area contributed by atoms with Gasteiger partial charge in [-0.2, -0.15) is 5.10 Å². The molecule has 1 aliphatic heterocycles. The first-order chi connectivity index (χ1) is 12.5. The summed E-state index contributed by atoms with van der Waals surface area (Å²) in [6.07, 6.45) is 5.09. The van der Waals surface area contributed by atoms with Gasteiger partial charge in [-0.05, 0) is 36.6 Å². The average Bonchev–Trinajstić information content (AvgIpc) is 3.16. The van der Waals surface area contributed by atoms with Crippen LogP contribution in [0, 0.1) is 0 Å². The van der Waals surface area contributed by atoms with E-state index < -0.39 is 5.60 Å². The van der Waals surface area contributed by atoms with Crippen LogP contribution in [0.4, 0.5) is 0 Å². The van der Waals surface area contributed by atoms with Crippen LogP contribution in [-0.2, 0) is 16.0 Å². The Morgan fingerprint density at radius 3 is 2.73 bits per heavy atom. The molecule has 0 bridgehead atoms. The van der Waals surface area contributed by atoms with E-state index in [1.54, 1.807) is 22.8 Å². The summed E-state index contributed by atoms with van der Waals surface area (Å²) in [5, 5.41) is 17.3. The van der Waals surface area contributed by atoms with Crippen LogP contribution in [0.25, 0.3) is 5.69 Å². The van der Waals surface area contributed by atoms with Crippen molar-refractivity contribution >= 4 is 11.8 Å². The quantitative estimate of drug-likeness (QED) is 0.833. The third-order valence-corrected chi connectivity index (χ3v) is 4.74. The van der Waals surface area contributed by atoms with Gasteiger partial charge in [0, 0.05) is 32.5 Å². The first-order valence-electron chi connectivity index (χ1n) is 8.79. The number of nitrogens with one attached hydrogen (secondary N) is 1. The van der Waals surface area contributed by atoms with E-state index in [2.05, 4.69) is 10.4 Å². The van der Waals surface area contributed by atoms with Gasteiger partial charge < -0.3 is 15.3 Å². The molecular formula is C19H24N4O3. The minimum absolute atomic E-state index is 0.0197. The van der Waals surface area contributed by atoms with Crippen LogP contribution in [0.2, 0.25) is 0 Å². The van der Waals surface area contributed by atoms with E-state index in [1.807, 2.05) is 36.5 Å². The number of β-amino-alcohol motifs (C(OH)–C–C–N with tert-alkyl or cyclic N) is 1. The van der Waals surface area contributed by atoms with Crippen molar-refractivity contribution in [3.8, 4) is 5.69 Å². The van der Waals surface area contributed by atoms with E-state index in [4.69, 9.17) is 0 Å². The molecule has 2 N–H and O–H groups in total. The molecule has 2 amide bonds. The molecule has 1 aliphatic rings. The fraction of sp³-hybridized carbons (Fsp3) is 0.421. The summed E-state index contributed by atoms with van der Waals surface area (Å²) in [5.41, 5.74) is 0.702. The molecule has 138 valence electrons. The molecule has 26 heavy (non-hydrogen) atoms. The van der Waals surface area contributed by atoms with Crippen molar-refractivity contribution in [3.05, 3.63) is 48.3 Å². The van der Waals surface area contributed by atoms with Gasteiger partial charge in [-0.25, -0.2) is 4.68 Å². The molecule has 3 rings (SSSR count). The molecule has 0 radical (unpaired) electrons. The van der Waals surface area contributed by atoms with Crippen LogP contribution < -0.4 is 5.32 Å². The topological polar surface area (TPSA) is 87.5 Å². The van der Waals surface area contributed by atoms with E-state index >= 15 is 0 Å². The van der Waals surface area contributed by atoms with Crippen molar-refractivity contribution in [1.29, 1.82) is 0 Å². The van der Waals surface area contributed by atoms with Gasteiger partial charge in [0.2, 0.25) is 11.8 Å². The molecule has 2 heterocycles. The van der Waals surface area contributed by atoms with E-state index in [-0.39, 0.29) is 31.2 Å². The van der Waals surface area contributed by atoms with Crippen LogP contribution in [0.5, 0.6) is 0 Å². The van der Waals surface area contributed by atoms with E-state index in [9.17, 15) is 14.7 Å². The Morgan fingerprint density at radius 1 is 1.31 bits per heavy atom. The lowest BCUT2D eigenvalue weighted by atomic mass is 9.89. The maximum absolute atomic E-state index is 12.6. The second kappa shape index (κ2) is 7.70. The van der Waals surface area contributed by atoms with Gasteiger partial charge in [-0.3, -0.25) is 9.59 Å². The van der Waals surface area contributed by atoms with E-state index in [0.29, 0.717) is 19.4 Å². The van der Waals surface area contributed by atoms with Gasteiger partial charge in [0.15, 0.2) is 0 Å². The minimum atomic E-state index is -1.14. The third kappa shape index (κ3) is 4.29. The number of nitrogens with zero attached hydrogens (tertiary/aromatic N) is 3. The van der Waals surface area contributed by atoms with E-state index in [1.165, 1.54) is 0 Å². The van der Waals surface area contributed by atoms with Gasteiger partial charge in [0.1, 0.15) is 0 Å². The number of piperidine rings is 1. The summed E-state index contributed by atoms with van der Waals surface area (Å²) in [7, 11) is 1.55. The maximum Gasteiger partial charge on any atom is 0.227 e. The zero-order valence-corrected chi connectivity index (χ0v) is 14.9. The summed E-state index contributed by atoms with van der Waals surface area (Å²) in [5.74, 6) is -0.247. The van der Waals surface area contributed by atoms with Crippen LogP contribution in [-0.4, -0.2) is 57.3 Å². The normalized spacial score (nSPS) is 20.0. The molecule has 0 spiro atoms. The lowest BCUT2D eigenvalue weighted by molar-refractivity contribution is -0.141. The Balaban J connectivity index is 1.61. The maximum atomic E-state index is 12.6. The summed E-state index contributed by atoms with van der Waals surface area (Å²) in [4.78, 5) is 25.9. The number of aromatic nitrogens is 2. The molecule has 1 atom stereocenters. The van der Waals surface area contributed by atoms with Crippen molar-refractivity contribution in [1.82, 2.24) is 20.0 Å². The van der Waals surface area contributed by atoms with Gasteiger partial charge >= 0.3 is 0 Å². The Morgan fingerprint density at radius 2 is 2.08 bits per heavy atom. The predicted molar refractivity (Wildman–Crippen MR) is 96.7 cm³/mol. The summed E-state index contributed by atoms with van der Waals surface area (Å²) in [6.45, 7) is 0.810. The van der Waals surface area contributed by atoms with Crippen molar-refractivity contribution in [2.45, 2.75) is 31.3 Å². The lowest BCUT2D eigenvalue weighted by Gasteiger charge is -2.39. The molecule has 7 heteroatoms. The highest BCUT2D eigenvalue weighted by Gasteiger charge is 2.36. The molecular weight excluding hydrogens is 332 g/mol. The predicted octanol–water partition coefficient (Wildman–Crippen LogP) is 0.904. The van der Waals surface area contributed by atoms with E-state index in [0.717, 1.165) is 11.3 Å². The number of amides is 2. The summed E-state index contributed by atoms with van der Waals surface area (Å²) in [6, 6.07) is 9.53. The molecule has 1 saturated heterocycles. The number of carbonyl (C=O) groups excluding carboxylic acids is 2. The summed E-state index contributed by atoms with van der Waals surface area (Å²) < 4.78 is 1.76. The number of carbonyl (C=O) groups is 2. The number of rotatable bonds is 5. The molecule has 1 fully saturated rings. The zero-order valence-electron chi connectivity index (χ0n) is 14.9. The molecule has 7 nitrogen and oxygen atoms in total. The highest BCUT2D eigenvalue weighted by Crippen LogP contribution is 2.25. The lowest BCUT2D eigenvalue weighted by Crippen LogP contribution is -2.52. The fourth-order valence-electron chi connectivity index (χ4n) is 3.33. The third-order valence-electron chi connectivity index (χ3n) is 4.74. The standard InChI is InChI=1S/C19H24N4O3/c1-20-17(24)13-19(26)8-2-10-22(14-19)18(25)12-15-4-6-16(7-5-15)23-11-3-9-21-23/h3-7,9,11,26H,2,8,10,12-14H2,1H3,(H,20,24). The van der Waals surface area contributed by atoms with Crippen molar-refractivity contribution in [3.63, 3.8) is 0 Å². The van der Waals surface area contributed by atoms with Crippen LogP contribution in [0.3, 0.4) is 0 Å². The number of hydrogen-bond acceptors (Lipinski definition) is 4. The largest absolute Gasteiger partial charge is 0.388 e. The van der Waals surface area contributed by atoms with Crippen molar-refractivity contribution < 1.29 is 14.7 Å². The van der Waals surface area contributed by atoms with Crippen molar-refractivity contribution in [2.24, 2.45) is 0 Å². The Labute approximate surface area is 152 Å². The van der Waals surface area contributed by atoms with Gasteiger partial charge in [-0.1, -0.05) is 12.1 Å². The van der Waals surface area contributed by atoms with Gasteiger partial charge in [0.05, 0.1) is 24.1 Å². The zero-order chi connectivity index (χ0) is 18.6. The fourth-order valence-corrected chi connectivity index (χ4v) is 3.33. The second-order valence-corrected chi connectivity index (χ2v) is 6.79. The van der Waals surface area contributed by atoms with Crippen LogP contribution in [0.1, 0.15) is 24.8 Å². The Hall–Kier alpha value is -2.67. The van der Waals surface area contributed by atoms with Gasteiger partial charge in [0.25, 0.3) is 0 Å². The summed E-state index contributed by atoms with van der Waals surface area (Å²) >= 11 is 0. The molecule has 1 unspecified atom stereocenters. The minimum Gasteiger partial charge on any atom is -0.388 e. The molecule has 0 saturated carbocycles. The molecule has 1 aromatic heterocycles. The molecule has 0 aliphatic carbocycles. The second-order valence-electron chi connectivity index (χ2n) is 6.79. The van der Waals surface area contributed by atoms with Crippen molar-refractivity contribution in [2.75, 3.05) is 20.1 Å². The van der Waals surface area contributed by atoms with Gasteiger partial charge in [-0.15, -0.1) is 0 Å². The Kier molecular flexibility index (Phi) is 5.37. The SMILES string of the molecule is CNC(=O)CC1(O)CCCN(C(=O)Cc2ccc(-n3cccn3)cc2)C1. The Bertz CT molecular complexity index is 758. The smallest absolute Gasteiger partial charge is 0.227 e. The molecule has 1 aromatic carbocycles. The first kappa shape index (κ1) is 18.1. The highest BCUT2D eigenvalue weighted by molar-refractivity contribution is 5.80. The number of aliphatic hydroxyl groups is 1. The van der Waals surface area contributed by atoms with Crippen LogP contribution >= 0.6 is 0 Å². The number of likely N-dealkylation sites (tertiary alicyclic amines) is 1. The highest BCUT2D eigenvalue weighted by atomic mass is 16.3. The number of hydrogen-bond donors (Lipinski definition) is 2. The molecule has 2 aromatic rings.